The van der Waals surface area contributed by atoms with Gasteiger partial charge in [0.2, 0.25) is 0 Å². The molecule has 7 heteroatoms. The van der Waals surface area contributed by atoms with Crippen LogP contribution in [-0.4, -0.2) is 49.9 Å². The summed E-state index contributed by atoms with van der Waals surface area (Å²) in [6, 6.07) is 11.5. The van der Waals surface area contributed by atoms with E-state index >= 15 is 0 Å². The van der Waals surface area contributed by atoms with Gasteiger partial charge >= 0.3 is 5.97 Å². The minimum Gasteiger partial charge on any atom is -0.492 e. The number of likely N-dealkylation sites (tertiary alicyclic amines) is 1. The first-order valence-corrected chi connectivity index (χ1v) is 12.6. The molecule has 2 aliphatic heterocycles. The van der Waals surface area contributed by atoms with Gasteiger partial charge in [0.05, 0.1) is 23.7 Å². The highest BCUT2D eigenvalue weighted by Gasteiger charge is 2.26. The summed E-state index contributed by atoms with van der Waals surface area (Å²) in [7, 11) is 0. The maximum absolute atomic E-state index is 12.4. The molecule has 4 rings (SSSR count). The normalized spacial score (nSPS) is 18.3. The Morgan fingerprint density at radius 2 is 2.00 bits per heavy atom. The molecule has 2 aromatic carbocycles. The van der Waals surface area contributed by atoms with E-state index in [0.29, 0.717) is 29.5 Å². The Kier molecular flexibility index (Phi) is 8.02. The van der Waals surface area contributed by atoms with Crippen LogP contribution in [0.5, 0.6) is 17.2 Å². The molecule has 0 aromatic heterocycles. The smallest absolute Gasteiger partial charge is 0.316 e. The SMILES string of the molecule is CC(C)(C)C(=O)Oc1cc2c(cc1Cl)C(c1ccc(OC3CCN(CCCF)C3)cc1)=CCCO2. The van der Waals surface area contributed by atoms with Crippen LogP contribution in [0.1, 0.15) is 51.2 Å². The number of alkyl halides is 1. The summed E-state index contributed by atoms with van der Waals surface area (Å²) in [5.41, 5.74) is 2.25. The van der Waals surface area contributed by atoms with Crippen molar-refractivity contribution < 1.29 is 23.4 Å². The van der Waals surface area contributed by atoms with Gasteiger partial charge in [-0.1, -0.05) is 29.8 Å². The molecule has 0 N–H and O–H groups in total. The standard InChI is InChI=1S/C28H33ClFNO4/c1-28(2,3)27(32)35-26-17-25-23(16-24(26)29)22(6-4-15-33-25)19-7-9-20(10-8-19)34-21-11-14-31(18-21)13-5-12-30/h6-10,16-17,21H,4-5,11-15,18H2,1-3H3. The Hall–Kier alpha value is -2.57. The van der Waals surface area contributed by atoms with E-state index < -0.39 is 5.41 Å². The first-order valence-electron chi connectivity index (χ1n) is 12.2. The number of benzene rings is 2. The number of fused-ring (bicyclic) bond motifs is 1. The number of hydrogen-bond donors (Lipinski definition) is 0. The molecule has 188 valence electrons. The molecular weight excluding hydrogens is 469 g/mol. The lowest BCUT2D eigenvalue weighted by atomic mass is 9.96. The summed E-state index contributed by atoms with van der Waals surface area (Å²) in [4.78, 5) is 14.6. The third-order valence-corrected chi connectivity index (χ3v) is 6.46. The van der Waals surface area contributed by atoms with Gasteiger partial charge in [0.25, 0.3) is 0 Å². The zero-order valence-electron chi connectivity index (χ0n) is 20.6. The summed E-state index contributed by atoms with van der Waals surface area (Å²) in [6.07, 6.45) is 4.53. The number of rotatable bonds is 7. The molecule has 0 saturated carbocycles. The third-order valence-electron chi connectivity index (χ3n) is 6.17. The molecule has 0 amide bonds. The maximum Gasteiger partial charge on any atom is 0.316 e. The summed E-state index contributed by atoms with van der Waals surface area (Å²) in [5.74, 6) is 1.40. The Bertz CT molecular complexity index is 1080. The maximum atomic E-state index is 12.4. The first-order chi connectivity index (χ1) is 16.7. The fourth-order valence-corrected chi connectivity index (χ4v) is 4.44. The monoisotopic (exact) mass is 501 g/mol. The first kappa shape index (κ1) is 25.5. The summed E-state index contributed by atoms with van der Waals surface area (Å²) in [5, 5.41) is 0.358. The largest absolute Gasteiger partial charge is 0.492 e. The van der Waals surface area contributed by atoms with E-state index in [9.17, 15) is 9.18 Å². The van der Waals surface area contributed by atoms with Crippen molar-refractivity contribution in [1.29, 1.82) is 0 Å². The lowest BCUT2D eigenvalue weighted by molar-refractivity contribution is -0.142. The number of halogens is 2. The van der Waals surface area contributed by atoms with Gasteiger partial charge in [-0.05, 0) is 62.9 Å². The summed E-state index contributed by atoms with van der Waals surface area (Å²) >= 11 is 6.52. The van der Waals surface area contributed by atoms with E-state index in [1.807, 2.05) is 24.3 Å². The Morgan fingerprint density at radius 3 is 2.71 bits per heavy atom. The Morgan fingerprint density at radius 1 is 1.23 bits per heavy atom. The van der Waals surface area contributed by atoms with Crippen molar-refractivity contribution in [3.05, 3.63) is 58.6 Å². The molecular formula is C28H33ClFNO4. The third kappa shape index (κ3) is 6.36. The van der Waals surface area contributed by atoms with Crippen molar-refractivity contribution >= 4 is 23.1 Å². The molecule has 2 heterocycles. The van der Waals surface area contributed by atoms with Crippen molar-refractivity contribution in [2.24, 2.45) is 5.41 Å². The second kappa shape index (κ2) is 11.0. The number of carbonyl (C=O) groups excluding carboxylic acids is 1. The van der Waals surface area contributed by atoms with Crippen molar-refractivity contribution in [3.63, 3.8) is 0 Å². The van der Waals surface area contributed by atoms with Gasteiger partial charge in [0, 0.05) is 37.7 Å². The van der Waals surface area contributed by atoms with Gasteiger partial charge in [-0.3, -0.25) is 14.1 Å². The van der Waals surface area contributed by atoms with Crippen molar-refractivity contribution in [2.45, 2.75) is 46.1 Å². The van der Waals surface area contributed by atoms with Gasteiger partial charge < -0.3 is 14.2 Å². The van der Waals surface area contributed by atoms with Crippen LogP contribution >= 0.6 is 11.6 Å². The van der Waals surface area contributed by atoms with Gasteiger partial charge in [-0.15, -0.1) is 0 Å². The van der Waals surface area contributed by atoms with E-state index in [0.717, 1.165) is 54.9 Å². The molecule has 0 bridgehead atoms. The highest BCUT2D eigenvalue weighted by Crippen LogP contribution is 2.41. The van der Waals surface area contributed by atoms with Crippen LogP contribution in [0.4, 0.5) is 4.39 Å². The van der Waals surface area contributed by atoms with Crippen molar-refractivity contribution in [1.82, 2.24) is 4.90 Å². The predicted molar refractivity (Wildman–Crippen MR) is 136 cm³/mol. The second-order valence-electron chi connectivity index (χ2n) is 10.1. The van der Waals surface area contributed by atoms with Crippen LogP contribution in [0, 0.1) is 5.41 Å². The lowest BCUT2D eigenvalue weighted by Crippen LogP contribution is -2.26. The number of ether oxygens (including phenoxy) is 3. The van der Waals surface area contributed by atoms with Crippen molar-refractivity contribution in [3.8, 4) is 17.2 Å². The average Bonchev–Trinajstić information content (AvgIpc) is 3.16. The van der Waals surface area contributed by atoms with Crippen LogP contribution in [0.15, 0.2) is 42.5 Å². The predicted octanol–water partition coefficient (Wildman–Crippen LogP) is 6.32. The lowest BCUT2D eigenvalue weighted by Gasteiger charge is -2.19. The molecule has 0 radical (unpaired) electrons. The van der Waals surface area contributed by atoms with Gasteiger partial charge in [0.15, 0.2) is 5.75 Å². The number of carbonyl (C=O) groups is 1. The summed E-state index contributed by atoms with van der Waals surface area (Å²) in [6.45, 7) is 8.20. The molecule has 0 aliphatic carbocycles. The Labute approximate surface area is 211 Å². The summed E-state index contributed by atoms with van der Waals surface area (Å²) < 4.78 is 30.1. The van der Waals surface area contributed by atoms with Gasteiger partial charge in [0.1, 0.15) is 17.6 Å². The molecule has 0 spiro atoms. The quantitative estimate of drug-likeness (QED) is 0.328. The minimum atomic E-state index is -0.642. The fourth-order valence-electron chi connectivity index (χ4n) is 4.24. The number of esters is 1. The second-order valence-corrected chi connectivity index (χ2v) is 10.5. The highest BCUT2D eigenvalue weighted by molar-refractivity contribution is 6.32. The fraction of sp³-hybridized carbons (Fsp3) is 0.464. The van der Waals surface area contributed by atoms with E-state index in [-0.39, 0.29) is 18.7 Å². The molecule has 1 atom stereocenters. The molecule has 1 unspecified atom stereocenters. The van der Waals surface area contributed by atoms with E-state index in [1.54, 1.807) is 32.9 Å². The molecule has 5 nitrogen and oxygen atoms in total. The average molecular weight is 502 g/mol. The molecule has 2 aromatic rings. The molecule has 35 heavy (non-hydrogen) atoms. The number of hydrogen-bond acceptors (Lipinski definition) is 5. The van der Waals surface area contributed by atoms with Crippen molar-refractivity contribution in [2.75, 3.05) is 32.9 Å². The van der Waals surface area contributed by atoms with Crippen LogP contribution in [-0.2, 0) is 4.79 Å². The molecule has 1 saturated heterocycles. The van der Waals surface area contributed by atoms with Crippen LogP contribution in [0.25, 0.3) is 5.57 Å². The molecule has 2 aliphatic rings. The van der Waals surface area contributed by atoms with Crippen LogP contribution < -0.4 is 14.2 Å². The highest BCUT2D eigenvalue weighted by atomic mass is 35.5. The van der Waals surface area contributed by atoms with Gasteiger partial charge in [-0.25, -0.2) is 0 Å². The zero-order valence-corrected chi connectivity index (χ0v) is 21.4. The van der Waals surface area contributed by atoms with E-state index in [1.165, 1.54) is 0 Å². The topological polar surface area (TPSA) is 48.0 Å². The zero-order chi connectivity index (χ0) is 25.0. The van der Waals surface area contributed by atoms with E-state index in [4.69, 9.17) is 25.8 Å². The number of nitrogens with zero attached hydrogens (tertiary/aromatic N) is 1. The van der Waals surface area contributed by atoms with Crippen LogP contribution in [0.2, 0.25) is 5.02 Å². The minimum absolute atomic E-state index is 0.125. The molecule has 1 fully saturated rings. The van der Waals surface area contributed by atoms with Crippen LogP contribution in [0.3, 0.4) is 0 Å². The Balaban J connectivity index is 1.49. The van der Waals surface area contributed by atoms with Gasteiger partial charge in [-0.2, -0.15) is 0 Å². The van der Waals surface area contributed by atoms with E-state index in [2.05, 4.69) is 11.0 Å².